The number of benzene rings is 1. The second kappa shape index (κ2) is 6.14. The summed E-state index contributed by atoms with van der Waals surface area (Å²) in [5, 5.41) is 2.90. The second-order valence-corrected chi connectivity index (χ2v) is 4.59. The quantitative estimate of drug-likeness (QED) is 0.820. The van der Waals surface area contributed by atoms with E-state index < -0.39 is 0 Å². The summed E-state index contributed by atoms with van der Waals surface area (Å²) in [7, 11) is 1.49. The molecule has 0 spiro atoms. The summed E-state index contributed by atoms with van der Waals surface area (Å²) >= 11 is 0. The summed E-state index contributed by atoms with van der Waals surface area (Å²) in [5.74, 6) is 1.01. The molecular weight excluding hydrogens is 256 g/mol. The van der Waals surface area contributed by atoms with Crippen molar-refractivity contribution in [3.05, 3.63) is 47.9 Å². The summed E-state index contributed by atoms with van der Waals surface area (Å²) in [4.78, 5) is 12.2. The lowest BCUT2D eigenvalue weighted by Crippen LogP contribution is -2.34. The van der Waals surface area contributed by atoms with Crippen LogP contribution in [0.2, 0.25) is 0 Å². The Balaban J connectivity index is 2.06. The van der Waals surface area contributed by atoms with Crippen molar-refractivity contribution in [2.24, 2.45) is 0 Å². The van der Waals surface area contributed by atoms with Crippen LogP contribution in [0.3, 0.4) is 0 Å². The van der Waals surface area contributed by atoms with Gasteiger partial charge in [-0.1, -0.05) is 6.07 Å². The number of nitrogens with one attached hydrogen (secondary N) is 1. The van der Waals surface area contributed by atoms with Crippen LogP contribution < -0.4 is 15.8 Å². The summed E-state index contributed by atoms with van der Waals surface area (Å²) in [6.07, 6.45) is 2.24. The minimum Gasteiger partial charge on any atom is -0.494 e. The predicted molar refractivity (Wildman–Crippen MR) is 76.7 cm³/mol. The molecule has 0 aliphatic heterocycles. The average Bonchev–Trinajstić information content (AvgIpc) is 2.90. The molecule has 1 unspecified atom stereocenters. The molecule has 0 bridgehead atoms. The van der Waals surface area contributed by atoms with Crippen LogP contribution in [0.15, 0.2) is 41.0 Å². The van der Waals surface area contributed by atoms with Crippen molar-refractivity contribution in [2.45, 2.75) is 19.4 Å². The molecule has 5 heteroatoms. The van der Waals surface area contributed by atoms with Gasteiger partial charge in [-0.05, 0) is 31.2 Å². The molecule has 2 aromatic rings. The highest BCUT2D eigenvalue weighted by Gasteiger charge is 2.16. The molecule has 1 amide bonds. The zero-order valence-corrected chi connectivity index (χ0v) is 11.6. The zero-order chi connectivity index (χ0) is 14.5. The number of hydrogen-bond acceptors (Lipinski definition) is 4. The predicted octanol–water partition coefficient (Wildman–Crippen LogP) is 2.23. The Bertz CT molecular complexity index is 579. The highest BCUT2D eigenvalue weighted by molar-refractivity contribution is 5.98. The Kier molecular flexibility index (Phi) is 4.30. The molecule has 0 aliphatic carbocycles. The van der Waals surface area contributed by atoms with Crippen LogP contribution in [0.1, 0.15) is 23.0 Å². The Labute approximate surface area is 117 Å². The van der Waals surface area contributed by atoms with Crippen LogP contribution in [-0.4, -0.2) is 19.1 Å². The number of anilines is 1. The third-order valence-electron chi connectivity index (χ3n) is 2.96. The Morgan fingerprint density at radius 2 is 2.20 bits per heavy atom. The van der Waals surface area contributed by atoms with Gasteiger partial charge < -0.3 is 20.2 Å². The highest BCUT2D eigenvalue weighted by atomic mass is 16.5. The monoisotopic (exact) mass is 274 g/mol. The molecular formula is C15H18N2O3. The molecule has 5 nitrogen and oxygen atoms in total. The summed E-state index contributed by atoms with van der Waals surface area (Å²) in [6.45, 7) is 1.92. The number of hydrogen-bond donors (Lipinski definition) is 2. The molecule has 0 radical (unpaired) electrons. The average molecular weight is 274 g/mol. The third-order valence-corrected chi connectivity index (χ3v) is 2.96. The van der Waals surface area contributed by atoms with Crippen LogP contribution in [0, 0.1) is 0 Å². The summed E-state index contributed by atoms with van der Waals surface area (Å²) in [6, 6.07) is 8.75. The summed E-state index contributed by atoms with van der Waals surface area (Å²) in [5.41, 5.74) is 6.66. The normalized spacial score (nSPS) is 11.9. The Morgan fingerprint density at radius 1 is 1.40 bits per heavy atom. The van der Waals surface area contributed by atoms with Crippen molar-refractivity contribution in [1.29, 1.82) is 0 Å². The van der Waals surface area contributed by atoms with Crippen molar-refractivity contribution in [2.75, 3.05) is 12.8 Å². The van der Waals surface area contributed by atoms with Crippen molar-refractivity contribution in [3.63, 3.8) is 0 Å². The van der Waals surface area contributed by atoms with Gasteiger partial charge in [-0.2, -0.15) is 0 Å². The van der Waals surface area contributed by atoms with E-state index in [2.05, 4.69) is 5.32 Å². The topological polar surface area (TPSA) is 77.5 Å². The van der Waals surface area contributed by atoms with Gasteiger partial charge in [0.15, 0.2) is 5.75 Å². The fourth-order valence-corrected chi connectivity index (χ4v) is 2.04. The van der Waals surface area contributed by atoms with Crippen molar-refractivity contribution >= 4 is 11.6 Å². The zero-order valence-electron chi connectivity index (χ0n) is 11.6. The largest absolute Gasteiger partial charge is 0.494 e. The molecule has 1 atom stereocenters. The maximum absolute atomic E-state index is 12.2. The van der Waals surface area contributed by atoms with E-state index in [0.29, 0.717) is 23.4 Å². The van der Waals surface area contributed by atoms with Gasteiger partial charge in [-0.15, -0.1) is 0 Å². The number of rotatable bonds is 5. The first-order valence-corrected chi connectivity index (χ1v) is 6.37. The van der Waals surface area contributed by atoms with Crippen LogP contribution in [0.25, 0.3) is 0 Å². The first kappa shape index (κ1) is 14.0. The highest BCUT2D eigenvalue weighted by Crippen LogP contribution is 2.25. The number of nitrogen functional groups attached to an aromatic ring is 1. The lowest BCUT2D eigenvalue weighted by atomic mass is 10.1. The van der Waals surface area contributed by atoms with E-state index in [4.69, 9.17) is 14.9 Å². The van der Waals surface area contributed by atoms with Gasteiger partial charge in [0, 0.05) is 12.5 Å². The van der Waals surface area contributed by atoms with E-state index in [1.165, 1.54) is 7.11 Å². The van der Waals surface area contributed by atoms with E-state index in [9.17, 15) is 4.79 Å². The van der Waals surface area contributed by atoms with Gasteiger partial charge >= 0.3 is 0 Å². The van der Waals surface area contributed by atoms with Crippen LogP contribution >= 0.6 is 0 Å². The fraction of sp³-hybridized carbons (Fsp3) is 0.267. The van der Waals surface area contributed by atoms with E-state index >= 15 is 0 Å². The SMILES string of the molecule is COc1c(N)cccc1C(=O)NC(C)Cc1ccco1. The molecule has 106 valence electrons. The van der Waals surface area contributed by atoms with E-state index in [-0.39, 0.29) is 11.9 Å². The molecule has 1 heterocycles. The molecule has 1 aromatic carbocycles. The van der Waals surface area contributed by atoms with Gasteiger partial charge in [-0.3, -0.25) is 4.79 Å². The Hall–Kier alpha value is -2.43. The summed E-state index contributed by atoms with van der Waals surface area (Å²) < 4.78 is 10.4. The van der Waals surface area contributed by atoms with Gasteiger partial charge in [-0.25, -0.2) is 0 Å². The lowest BCUT2D eigenvalue weighted by Gasteiger charge is -2.15. The van der Waals surface area contributed by atoms with Crippen LogP contribution in [0.5, 0.6) is 5.75 Å². The van der Waals surface area contributed by atoms with Crippen molar-refractivity contribution in [3.8, 4) is 5.75 Å². The van der Waals surface area contributed by atoms with E-state index in [0.717, 1.165) is 5.76 Å². The number of para-hydroxylation sites is 1. The standard InChI is InChI=1S/C15H18N2O3/c1-10(9-11-5-4-8-20-11)17-15(18)12-6-3-7-13(16)14(12)19-2/h3-8,10H,9,16H2,1-2H3,(H,17,18). The van der Waals surface area contributed by atoms with Gasteiger partial charge in [0.2, 0.25) is 0 Å². The fourth-order valence-electron chi connectivity index (χ4n) is 2.04. The lowest BCUT2D eigenvalue weighted by molar-refractivity contribution is 0.0936. The van der Waals surface area contributed by atoms with E-state index in [1.54, 1.807) is 24.5 Å². The second-order valence-electron chi connectivity index (χ2n) is 4.59. The molecule has 2 rings (SSSR count). The molecule has 0 saturated heterocycles. The molecule has 3 N–H and O–H groups in total. The maximum Gasteiger partial charge on any atom is 0.255 e. The number of carbonyl (C=O) groups is 1. The van der Waals surface area contributed by atoms with Crippen LogP contribution in [0.4, 0.5) is 5.69 Å². The van der Waals surface area contributed by atoms with Gasteiger partial charge in [0.1, 0.15) is 5.76 Å². The van der Waals surface area contributed by atoms with Crippen LogP contribution in [-0.2, 0) is 6.42 Å². The number of amides is 1. The first-order chi connectivity index (χ1) is 9.61. The number of carbonyl (C=O) groups excluding carboxylic acids is 1. The number of ether oxygens (including phenoxy) is 1. The maximum atomic E-state index is 12.2. The minimum atomic E-state index is -0.215. The molecule has 0 fully saturated rings. The third kappa shape index (κ3) is 3.12. The Morgan fingerprint density at radius 3 is 2.85 bits per heavy atom. The van der Waals surface area contributed by atoms with Gasteiger partial charge in [0.05, 0.1) is 24.6 Å². The molecule has 1 aromatic heterocycles. The molecule has 0 aliphatic rings. The van der Waals surface area contributed by atoms with Gasteiger partial charge in [0.25, 0.3) is 5.91 Å². The van der Waals surface area contributed by atoms with Crippen molar-refractivity contribution < 1.29 is 13.9 Å². The van der Waals surface area contributed by atoms with Crippen molar-refractivity contribution in [1.82, 2.24) is 5.32 Å². The van der Waals surface area contributed by atoms with E-state index in [1.807, 2.05) is 19.1 Å². The number of nitrogens with two attached hydrogens (primary N) is 1. The molecule has 0 saturated carbocycles. The minimum absolute atomic E-state index is 0.0558. The smallest absolute Gasteiger partial charge is 0.255 e. The number of methoxy groups -OCH3 is 1. The first-order valence-electron chi connectivity index (χ1n) is 6.37. The number of furan rings is 1. The molecule has 20 heavy (non-hydrogen) atoms.